The number of hydrogen-bond donors (Lipinski definition) is 4. The number of piperidine rings is 1. The first-order valence-electron chi connectivity index (χ1n) is 15.8. The van der Waals surface area contributed by atoms with E-state index in [4.69, 9.17) is 9.47 Å². The number of carbonyl (C=O) groups is 3. The van der Waals surface area contributed by atoms with E-state index in [0.29, 0.717) is 31.5 Å². The van der Waals surface area contributed by atoms with E-state index in [2.05, 4.69) is 20.7 Å². The summed E-state index contributed by atoms with van der Waals surface area (Å²) in [6.45, 7) is 6.45. The van der Waals surface area contributed by atoms with Crippen molar-refractivity contribution in [3.05, 3.63) is 29.3 Å². The van der Waals surface area contributed by atoms with Crippen LogP contribution in [0.4, 0.5) is 18.4 Å². The lowest BCUT2D eigenvalue weighted by Gasteiger charge is -2.36. The molecule has 254 valence electrons. The Kier molecular flexibility index (Phi) is 13.6. The van der Waals surface area contributed by atoms with Crippen molar-refractivity contribution in [1.29, 1.82) is 0 Å². The molecule has 4 atom stereocenters. The van der Waals surface area contributed by atoms with E-state index in [1.165, 1.54) is 18.4 Å². The van der Waals surface area contributed by atoms with Crippen LogP contribution >= 0.6 is 0 Å². The Bertz CT molecular complexity index is 1140. The van der Waals surface area contributed by atoms with Crippen molar-refractivity contribution in [2.24, 2.45) is 17.8 Å². The number of alkyl carbamates (subject to hydrolysis) is 1. The molecule has 3 rings (SSSR count). The van der Waals surface area contributed by atoms with E-state index in [0.717, 1.165) is 38.2 Å². The number of hydrogen-bond acceptors (Lipinski definition) is 8. The van der Waals surface area contributed by atoms with Crippen molar-refractivity contribution in [2.75, 3.05) is 46.9 Å². The fraction of sp³-hybridized carbons (Fsp3) is 0.719. The molecule has 1 aromatic carbocycles. The smallest absolute Gasteiger partial charge is 0.410 e. The molecule has 4 N–H and O–H groups in total. The molecular formula is C32H50F2N4O7. The molecule has 1 aliphatic carbocycles. The van der Waals surface area contributed by atoms with Gasteiger partial charge in [-0.25, -0.2) is 18.4 Å². The molecule has 2 fully saturated rings. The van der Waals surface area contributed by atoms with Gasteiger partial charge in [-0.15, -0.1) is 0 Å². The fourth-order valence-electron chi connectivity index (χ4n) is 6.17. The summed E-state index contributed by atoms with van der Waals surface area (Å²) in [6, 6.07) is 1.31. The zero-order valence-corrected chi connectivity index (χ0v) is 27.1. The molecule has 3 amide bonds. The maximum Gasteiger partial charge on any atom is 0.410 e. The first kappa shape index (κ1) is 36.3. The van der Waals surface area contributed by atoms with E-state index < -0.39 is 53.1 Å². The van der Waals surface area contributed by atoms with Crippen molar-refractivity contribution in [3.8, 4) is 5.75 Å². The monoisotopic (exact) mass is 640 g/mol. The molecule has 2 unspecified atom stereocenters. The number of benzene rings is 1. The van der Waals surface area contributed by atoms with Crippen molar-refractivity contribution in [1.82, 2.24) is 20.9 Å². The van der Waals surface area contributed by atoms with Gasteiger partial charge >= 0.3 is 12.2 Å². The minimum atomic E-state index is -1.12. The Labute approximate surface area is 264 Å². The lowest BCUT2D eigenvalue weighted by Crippen LogP contribution is -2.51. The number of likely N-dealkylation sites (N-methyl/N-ethyl adjacent to an activating group) is 1. The lowest BCUT2D eigenvalue weighted by molar-refractivity contribution is -0.127. The molecule has 0 radical (unpaired) electrons. The highest BCUT2D eigenvalue weighted by molar-refractivity contribution is 5.79. The summed E-state index contributed by atoms with van der Waals surface area (Å²) in [6.07, 6.45) is 4.58. The molecule has 0 bridgehead atoms. The first-order chi connectivity index (χ1) is 21.3. The Morgan fingerprint density at radius 1 is 1.13 bits per heavy atom. The molecule has 0 spiro atoms. The summed E-state index contributed by atoms with van der Waals surface area (Å²) in [5, 5.41) is 19.4. The number of phenols is 1. The molecule has 45 heavy (non-hydrogen) atoms. The van der Waals surface area contributed by atoms with Gasteiger partial charge in [0.25, 0.3) is 0 Å². The minimum Gasteiger partial charge on any atom is -0.505 e. The van der Waals surface area contributed by atoms with E-state index in [9.17, 15) is 28.3 Å². The van der Waals surface area contributed by atoms with Crippen LogP contribution in [-0.4, -0.2) is 86.7 Å². The van der Waals surface area contributed by atoms with Gasteiger partial charge in [-0.1, -0.05) is 32.1 Å². The first-order valence-corrected chi connectivity index (χ1v) is 15.8. The molecule has 1 aromatic rings. The summed E-state index contributed by atoms with van der Waals surface area (Å²) >= 11 is 0. The summed E-state index contributed by atoms with van der Waals surface area (Å²) in [7, 11) is 2.88. The highest BCUT2D eigenvalue weighted by Crippen LogP contribution is 2.38. The van der Waals surface area contributed by atoms with Gasteiger partial charge in [-0.2, -0.15) is 0 Å². The maximum absolute atomic E-state index is 14.4. The van der Waals surface area contributed by atoms with Gasteiger partial charge in [0.2, 0.25) is 5.91 Å². The number of halogens is 2. The highest BCUT2D eigenvalue weighted by atomic mass is 19.1. The number of carbonyl (C=O) groups excluding carboxylic acids is 3. The van der Waals surface area contributed by atoms with Gasteiger partial charge in [0, 0.05) is 56.8 Å². The second-order valence-corrected chi connectivity index (χ2v) is 13.2. The van der Waals surface area contributed by atoms with Crippen LogP contribution in [0.5, 0.6) is 5.75 Å². The molecule has 1 saturated carbocycles. The van der Waals surface area contributed by atoms with Crippen molar-refractivity contribution in [3.63, 3.8) is 0 Å². The maximum atomic E-state index is 14.4. The minimum absolute atomic E-state index is 0.0365. The zero-order valence-electron chi connectivity index (χ0n) is 27.1. The average molecular weight is 641 g/mol. The second kappa shape index (κ2) is 16.9. The predicted octanol–water partition coefficient (Wildman–Crippen LogP) is 4.63. The van der Waals surface area contributed by atoms with Gasteiger partial charge in [-0.05, 0) is 45.6 Å². The normalized spacial score (nSPS) is 20.5. The third kappa shape index (κ3) is 11.6. The number of ether oxygens (including phenoxy) is 3. The van der Waals surface area contributed by atoms with Crippen LogP contribution in [0, 0.1) is 29.4 Å². The van der Waals surface area contributed by atoms with Crippen LogP contribution < -0.4 is 16.0 Å². The molecule has 2 aliphatic rings. The number of nitrogens with zero attached hydrogens (tertiary/aromatic N) is 1. The number of phenolic OH excluding ortho intramolecular Hbond substituents is 1. The standard InChI is InChI=1S/C32H50F2N4O7/c1-32(2,3)45-31(42)38(4)19-24(13-20-9-7-6-8-10-20)37-29(40)22-14-21(17-35-18-22)28(44-12-11-36-30(41)43-5)25-15-23(33)16-26(34)27(25)39/h15-16,20-22,24,28,35,39H,6-14,17-19H2,1-5H3,(H,36,41)(H,37,40)/t21?,22?,24-,28-/m1/s1. The number of rotatable bonds is 12. The van der Waals surface area contributed by atoms with E-state index >= 15 is 0 Å². The molecule has 1 saturated heterocycles. The Hall–Kier alpha value is -3.19. The van der Waals surface area contributed by atoms with Gasteiger partial charge in [0.15, 0.2) is 11.6 Å². The molecular weight excluding hydrogens is 590 g/mol. The Morgan fingerprint density at radius 3 is 2.51 bits per heavy atom. The number of methoxy groups -OCH3 is 1. The summed E-state index contributed by atoms with van der Waals surface area (Å²) < 4.78 is 44.7. The van der Waals surface area contributed by atoms with Gasteiger partial charge < -0.3 is 40.2 Å². The molecule has 13 heteroatoms. The number of nitrogens with one attached hydrogen (secondary N) is 3. The van der Waals surface area contributed by atoms with Crippen LogP contribution in [0.1, 0.15) is 77.4 Å². The highest BCUT2D eigenvalue weighted by Gasteiger charge is 2.36. The summed E-state index contributed by atoms with van der Waals surface area (Å²) in [5.41, 5.74) is -0.726. The molecule has 1 heterocycles. The summed E-state index contributed by atoms with van der Waals surface area (Å²) in [5.74, 6) is -3.44. The van der Waals surface area contributed by atoms with E-state index in [-0.39, 0.29) is 37.2 Å². The topological polar surface area (TPSA) is 138 Å². The van der Waals surface area contributed by atoms with Crippen LogP contribution in [-0.2, 0) is 19.0 Å². The van der Waals surface area contributed by atoms with Crippen LogP contribution in [0.3, 0.4) is 0 Å². The van der Waals surface area contributed by atoms with Crippen LogP contribution in [0.15, 0.2) is 12.1 Å². The number of amides is 3. The third-order valence-electron chi connectivity index (χ3n) is 8.29. The molecule has 0 aromatic heterocycles. The quantitative estimate of drug-likeness (QED) is 0.243. The van der Waals surface area contributed by atoms with E-state index in [1.807, 2.05) is 0 Å². The van der Waals surface area contributed by atoms with Crippen LogP contribution in [0.25, 0.3) is 0 Å². The van der Waals surface area contributed by atoms with Crippen molar-refractivity contribution >= 4 is 18.1 Å². The summed E-state index contributed by atoms with van der Waals surface area (Å²) in [4.78, 5) is 39.4. The average Bonchev–Trinajstić information content (AvgIpc) is 2.98. The Balaban J connectivity index is 1.74. The number of aromatic hydroxyl groups is 1. The SMILES string of the molecule is COC(=O)NCCO[C@@H](c1cc(F)cc(F)c1O)C1CNCC(C(=O)N[C@H](CC2CCCCC2)CN(C)C(=O)OC(C)(C)C)C1. The van der Waals surface area contributed by atoms with Gasteiger partial charge in [-0.3, -0.25) is 4.79 Å². The Morgan fingerprint density at radius 2 is 1.84 bits per heavy atom. The second-order valence-electron chi connectivity index (χ2n) is 13.2. The largest absolute Gasteiger partial charge is 0.505 e. The fourth-order valence-corrected chi connectivity index (χ4v) is 6.17. The van der Waals surface area contributed by atoms with Gasteiger partial charge in [0.05, 0.1) is 25.7 Å². The zero-order chi connectivity index (χ0) is 33.1. The van der Waals surface area contributed by atoms with Gasteiger partial charge in [0.1, 0.15) is 11.4 Å². The molecule has 1 aliphatic heterocycles. The van der Waals surface area contributed by atoms with Crippen molar-refractivity contribution < 1.29 is 42.5 Å². The lowest BCUT2D eigenvalue weighted by atomic mass is 9.82. The van der Waals surface area contributed by atoms with E-state index in [1.54, 1.807) is 27.8 Å². The molecule has 11 nitrogen and oxygen atoms in total. The predicted molar refractivity (Wildman–Crippen MR) is 164 cm³/mol. The van der Waals surface area contributed by atoms with Crippen molar-refractivity contribution in [2.45, 2.75) is 83.5 Å². The van der Waals surface area contributed by atoms with Crippen LogP contribution in [0.2, 0.25) is 0 Å². The third-order valence-corrected chi connectivity index (χ3v) is 8.29.